The molecular formula is C15H14NO8P. The number of aliphatic hydroxyl groups excluding tert-OH is 1. The standard InChI is InChI=1S/C15H14NO8P/c1-25(20)23-12-7(17)2-6-5-3-8-13(22-4-21-8)11(18)9(5)15(19)16-10(6)14(12)24-25/h2-3,7,10,12,14,17-18H,4H2,1H3,(H,16,19)/t7-,10+,12+,14-,25?/m0/s1. The third-order valence-corrected chi connectivity index (χ3v) is 6.02. The molecule has 3 N–H and O–H groups in total. The van der Waals surface area contributed by atoms with Crippen molar-refractivity contribution < 1.29 is 38.1 Å². The Bertz CT molecular complexity index is 896. The molecule has 1 fully saturated rings. The normalized spacial score (nSPS) is 37.7. The first kappa shape index (κ1) is 15.2. The zero-order valence-corrected chi connectivity index (χ0v) is 13.9. The SMILES string of the molecule is CP1(=O)O[C@@H]2[C@H](O1)[C@@H](O)C=C1c3cc4c(c(O)c3C(=O)N[C@H]12)OCO4. The van der Waals surface area contributed by atoms with E-state index in [1.165, 1.54) is 12.7 Å². The fraction of sp³-hybridized carbons (Fsp3) is 0.400. The van der Waals surface area contributed by atoms with E-state index in [0.717, 1.165) is 0 Å². The van der Waals surface area contributed by atoms with Crippen LogP contribution in [-0.2, 0) is 13.6 Å². The third kappa shape index (κ3) is 2.01. The Morgan fingerprint density at radius 1 is 1.28 bits per heavy atom. The third-order valence-electron chi connectivity index (χ3n) is 4.76. The van der Waals surface area contributed by atoms with Gasteiger partial charge in [0.25, 0.3) is 5.91 Å². The fourth-order valence-electron chi connectivity index (χ4n) is 3.77. The van der Waals surface area contributed by atoms with Crippen molar-refractivity contribution in [3.8, 4) is 17.2 Å². The number of phenolic OH excluding ortho intramolecular Hbond substituents is 1. The average Bonchev–Trinajstić information content (AvgIpc) is 3.12. The van der Waals surface area contributed by atoms with E-state index in [0.29, 0.717) is 16.9 Å². The van der Waals surface area contributed by atoms with E-state index in [9.17, 15) is 19.6 Å². The second kappa shape index (κ2) is 4.76. The lowest BCUT2D eigenvalue weighted by Gasteiger charge is -2.38. The summed E-state index contributed by atoms with van der Waals surface area (Å²) in [5.41, 5.74) is 0.993. The first-order valence-electron chi connectivity index (χ1n) is 7.66. The summed E-state index contributed by atoms with van der Waals surface area (Å²) < 4.78 is 33.5. The highest BCUT2D eigenvalue weighted by Gasteiger charge is 2.54. The van der Waals surface area contributed by atoms with Crippen molar-refractivity contribution in [3.05, 3.63) is 23.3 Å². The monoisotopic (exact) mass is 367 g/mol. The molecule has 25 heavy (non-hydrogen) atoms. The minimum absolute atomic E-state index is 0.0380. The van der Waals surface area contributed by atoms with Gasteiger partial charge in [-0.1, -0.05) is 0 Å². The molecule has 0 saturated carbocycles. The van der Waals surface area contributed by atoms with Gasteiger partial charge in [-0.05, 0) is 17.7 Å². The van der Waals surface area contributed by atoms with Gasteiger partial charge in [0.15, 0.2) is 11.5 Å². The molecule has 3 aliphatic heterocycles. The number of amides is 1. The molecule has 0 radical (unpaired) electrons. The minimum atomic E-state index is -3.31. The molecule has 132 valence electrons. The van der Waals surface area contributed by atoms with Gasteiger partial charge in [0.1, 0.15) is 18.3 Å². The summed E-state index contributed by atoms with van der Waals surface area (Å²) in [6, 6.07) is 0.924. The van der Waals surface area contributed by atoms with Crippen LogP contribution in [-0.4, -0.2) is 53.9 Å². The topological polar surface area (TPSA) is 124 Å². The van der Waals surface area contributed by atoms with Crippen molar-refractivity contribution in [2.24, 2.45) is 0 Å². The second-order valence-electron chi connectivity index (χ2n) is 6.36. The molecule has 1 aromatic rings. The van der Waals surface area contributed by atoms with E-state index in [-0.39, 0.29) is 23.9 Å². The summed E-state index contributed by atoms with van der Waals surface area (Å²) in [7, 11) is -3.31. The van der Waals surface area contributed by atoms with Crippen LogP contribution in [0.3, 0.4) is 0 Å². The largest absolute Gasteiger partial charge is 0.504 e. The van der Waals surface area contributed by atoms with Crippen molar-refractivity contribution in [1.29, 1.82) is 0 Å². The van der Waals surface area contributed by atoms with Gasteiger partial charge < -0.3 is 25.0 Å². The zero-order chi connectivity index (χ0) is 17.5. The van der Waals surface area contributed by atoms with Crippen molar-refractivity contribution in [2.75, 3.05) is 13.5 Å². The molecule has 1 amide bonds. The first-order valence-corrected chi connectivity index (χ1v) is 9.65. The Hall–Kier alpha value is -2.06. The number of carbonyl (C=O) groups is 1. The van der Waals surface area contributed by atoms with E-state index in [1.807, 2.05) is 0 Å². The maximum Gasteiger partial charge on any atom is 0.328 e. The van der Waals surface area contributed by atoms with Crippen LogP contribution in [0.15, 0.2) is 12.1 Å². The summed E-state index contributed by atoms with van der Waals surface area (Å²) in [6.45, 7) is 1.26. The predicted octanol–water partition coefficient (Wildman–Crippen LogP) is 0.598. The highest BCUT2D eigenvalue weighted by molar-refractivity contribution is 7.53. The number of aliphatic hydroxyl groups is 1. The summed E-state index contributed by atoms with van der Waals surface area (Å²) in [5.74, 6) is -0.416. The van der Waals surface area contributed by atoms with Crippen molar-refractivity contribution in [2.45, 2.75) is 24.4 Å². The van der Waals surface area contributed by atoms with Gasteiger partial charge in [-0.25, -0.2) is 0 Å². The predicted molar refractivity (Wildman–Crippen MR) is 82.7 cm³/mol. The number of carbonyl (C=O) groups excluding carboxylic acids is 1. The molecule has 4 aliphatic rings. The minimum Gasteiger partial charge on any atom is -0.504 e. The maximum atomic E-state index is 12.6. The molecule has 5 rings (SSSR count). The summed E-state index contributed by atoms with van der Waals surface area (Å²) >= 11 is 0. The second-order valence-corrected chi connectivity index (χ2v) is 8.32. The molecule has 5 atom stereocenters. The van der Waals surface area contributed by atoms with Gasteiger partial charge in [0, 0.05) is 12.2 Å². The number of aromatic hydroxyl groups is 1. The van der Waals surface area contributed by atoms with Crippen LogP contribution in [0.1, 0.15) is 15.9 Å². The average molecular weight is 367 g/mol. The molecule has 1 aliphatic carbocycles. The number of hydrogen-bond acceptors (Lipinski definition) is 8. The molecule has 3 heterocycles. The Balaban J connectivity index is 1.69. The quantitative estimate of drug-likeness (QED) is 0.570. The molecular weight excluding hydrogens is 353 g/mol. The lowest BCUT2D eigenvalue weighted by atomic mass is 9.79. The highest BCUT2D eigenvalue weighted by Crippen LogP contribution is 2.58. The fourth-order valence-corrected chi connectivity index (χ4v) is 5.19. The zero-order valence-electron chi connectivity index (χ0n) is 13.0. The Kier molecular flexibility index (Phi) is 2.90. The number of rotatable bonds is 0. The lowest BCUT2D eigenvalue weighted by molar-refractivity contribution is 0.0299. The van der Waals surface area contributed by atoms with Crippen LogP contribution in [0, 0.1) is 0 Å². The van der Waals surface area contributed by atoms with Gasteiger partial charge in [-0.3, -0.25) is 18.4 Å². The van der Waals surface area contributed by atoms with Crippen LogP contribution in [0.5, 0.6) is 17.2 Å². The van der Waals surface area contributed by atoms with Gasteiger partial charge in [-0.15, -0.1) is 0 Å². The number of benzene rings is 1. The summed E-state index contributed by atoms with van der Waals surface area (Å²) in [4.78, 5) is 12.6. The van der Waals surface area contributed by atoms with Crippen LogP contribution in [0.2, 0.25) is 0 Å². The Labute approximate surface area is 141 Å². The summed E-state index contributed by atoms with van der Waals surface area (Å²) in [6.07, 6.45) is -1.19. The Morgan fingerprint density at radius 3 is 2.84 bits per heavy atom. The number of hydrogen-bond donors (Lipinski definition) is 3. The van der Waals surface area contributed by atoms with E-state index < -0.39 is 37.9 Å². The molecule has 0 bridgehead atoms. The van der Waals surface area contributed by atoms with E-state index in [1.54, 1.807) is 6.07 Å². The van der Waals surface area contributed by atoms with Crippen LogP contribution in [0.25, 0.3) is 5.57 Å². The van der Waals surface area contributed by atoms with Crippen LogP contribution >= 0.6 is 7.60 Å². The van der Waals surface area contributed by atoms with Crippen molar-refractivity contribution in [3.63, 3.8) is 0 Å². The summed E-state index contributed by atoms with van der Waals surface area (Å²) in [5, 5.41) is 23.5. The maximum absolute atomic E-state index is 12.6. The van der Waals surface area contributed by atoms with E-state index >= 15 is 0 Å². The van der Waals surface area contributed by atoms with Gasteiger partial charge >= 0.3 is 7.60 Å². The van der Waals surface area contributed by atoms with Crippen LogP contribution in [0.4, 0.5) is 0 Å². The molecule has 1 unspecified atom stereocenters. The molecule has 1 saturated heterocycles. The molecule has 10 heteroatoms. The smallest absolute Gasteiger partial charge is 0.328 e. The number of ether oxygens (including phenoxy) is 2. The number of phenols is 1. The number of fused-ring (bicyclic) bond motifs is 6. The Morgan fingerprint density at radius 2 is 2.04 bits per heavy atom. The molecule has 9 nitrogen and oxygen atoms in total. The molecule has 0 spiro atoms. The van der Waals surface area contributed by atoms with Gasteiger partial charge in [0.2, 0.25) is 12.5 Å². The van der Waals surface area contributed by atoms with Gasteiger partial charge in [0.05, 0.1) is 11.6 Å². The first-order chi connectivity index (χ1) is 11.9. The van der Waals surface area contributed by atoms with Crippen molar-refractivity contribution in [1.82, 2.24) is 5.32 Å². The van der Waals surface area contributed by atoms with Crippen LogP contribution < -0.4 is 14.8 Å². The van der Waals surface area contributed by atoms with Gasteiger partial charge in [-0.2, -0.15) is 0 Å². The highest BCUT2D eigenvalue weighted by atomic mass is 31.2. The molecule has 1 aromatic carbocycles. The van der Waals surface area contributed by atoms with E-state index in [2.05, 4.69) is 5.32 Å². The van der Waals surface area contributed by atoms with Crippen molar-refractivity contribution >= 4 is 19.1 Å². The van der Waals surface area contributed by atoms with E-state index in [4.69, 9.17) is 18.5 Å². The molecule has 0 aromatic heterocycles. The number of nitrogens with one attached hydrogen (secondary N) is 1. The lowest BCUT2D eigenvalue weighted by Crippen LogP contribution is -2.55.